The van der Waals surface area contributed by atoms with Gasteiger partial charge in [-0.05, 0) is 6.07 Å². The number of rotatable bonds is 4. The number of aliphatic hydroxyl groups is 1. The second-order valence-electron chi connectivity index (χ2n) is 5.12. The molecule has 0 amide bonds. The average molecular weight is 320 g/mol. The average Bonchev–Trinajstić information content (AvgIpc) is 2.41. The molecule has 0 aliphatic carbocycles. The Kier molecular flexibility index (Phi) is 4.92. The number of hydrogen-bond acceptors (Lipinski definition) is 4. The van der Waals surface area contributed by atoms with E-state index in [9.17, 15) is 22.3 Å². The molecule has 0 radical (unpaired) electrons. The van der Waals surface area contributed by atoms with E-state index in [-0.39, 0.29) is 12.1 Å². The van der Waals surface area contributed by atoms with Gasteiger partial charge in [0.1, 0.15) is 0 Å². The minimum absolute atomic E-state index is 0.0828. The van der Waals surface area contributed by atoms with Gasteiger partial charge in [-0.3, -0.25) is 4.90 Å². The van der Waals surface area contributed by atoms with Gasteiger partial charge in [0, 0.05) is 38.3 Å². The summed E-state index contributed by atoms with van der Waals surface area (Å²) in [4.78, 5) is 1.83. The molecule has 5 nitrogen and oxygen atoms in total. The summed E-state index contributed by atoms with van der Waals surface area (Å²) < 4.78 is 50.8. The summed E-state index contributed by atoms with van der Waals surface area (Å²) in [6, 6.07) is 3.69. The molecule has 1 saturated heterocycles. The fraction of sp³-hybridized carbons (Fsp3) is 0.538. The molecule has 0 saturated carbocycles. The van der Waals surface area contributed by atoms with Crippen LogP contribution in [0.4, 0.5) is 8.78 Å². The van der Waals surface area contributed by atoms with Crippen molar-refractivity contribution >= 4 is 10.0 Å². The number of aliphatic hydroxyl groups excluding tert-OH is 1. The predicted octanol–water partition coefficient (Wildman–Crippen LogP) is 0.575. The van der Waals surface area contributed by atoms with Crippen LogP contribution in [0.2, 0.25) is 0 Å². The van der Waals surface area contributed by atoms with E-state index in [1.165, 1.54) is 16.4 Å². The van der Waals surface area contributed by atoms with Gasteiger partial charge in [-0.25, -0.2) is 17.2 Å². The third-order valence-electron chi connectivity index (χ3n) is 3.57. The van der Waals surface area contributed by atoms with Crippen molar-refractivity contribution in [2.75, 3.05) is 39.0 Å². The van der Waals surface area contributed by atoms with Crippen LogP contribution in [-0.2, 0) is 10.0 Å². The highest BCUT2D eigenvalue weighted by molar-refractivity contribution is 7.88. The second kappa shape index (κ2) is 6.35. The molecule has 0 bridgehead atoms. The lowest BCUT2D eigenvalue weighted by Gasteiger charge is -2.34. The highest BCUT2D eigenvalue weighted by atomic mass is 32.2. The Hall–Kier alpha value is -1.09. The number of halogens is 2. The zero-order valence-corrected chi connectivity index (χ0v) is 12.5. The fourth-order valence-corrected chi connectivity index (χ4v) is 3.19. The Bertz CT molecular complexity index is 601. The molecule has 1 aromatic carbocycles. The lowest BCUT2D eigenvalue weighted by atomic mass is 10.1. The fourth-order valence-electron chi connectivity index (χ4n) is 2.36. The van der Waals surface area contributed by atoms with Crippen LogP contribution in [-0.4, -0.2) is 61.7 Å². The van der Waals surface area contributed by atoms with Crippen LogP contribution in [0.15, 0.2) is 18.2 Å². The molecule has 8 heteroatoms. The SMILES string of the molecule is CS(=O)(=O)N1CCN(CC(O)c2cccc(F)c2F)CC1. The van der Waals surface area contributed by atoms with E-state index < -0.39 is 27.8 Å². The van der Waals surface area contributed by atoms with Crippen molar-refractivity contribution in [3.8, 4) is 0 Å². The minimum Gasteiger partial charge on any atom is -0.387 e. The lowest BCUT2D eigenvalue weighted by Crippen LogP contribution is -2.49. The van der Waals surface area contributed by atoms with Crippen LogP contribution in [0, 0.1) is 11.6 Å². The van der Waals surface area contributed by atoms with Gasteiger partial charge in [0.2, 0.25) is 10.0 Å². The van der Waals surface area contributed by atoms with Crippen LogP contribution < -0.4 is 0 Å². The first-order valence-corrected chi connectivity index (χ1v) is 8.43. The minimum atomic E-state index is -3.21. The van der Waals surface area contributed by atoms with Crippen molar-refractivity contribution in [3.05, 3.63) is 35.4 Å². The van der Waals surface area contributed by atoms with Crippen molar-refractivity contribution in [3.63, 3.8) is 0 Å². The molecule has 1 aliphatic rings. The van der Waals surface area contributed by atoms with Crippen molar-refractivity contribution in [1.82, 2.24) is 9.21 Å². The lowest BCUT2D eigenvalue weighted by molar-refractivity contribution is 0.0894. The number of nitrogens with zero attached hydrogens (tertiary/aromatic N) is 2. The molecule has 1 unspecified atom stereocenters. The van der Waals surface area contributed by atoms with Crippen molar-refractivity contribution in [1.29, 1.82) is 0 Å². The molecule has 0 spiro atoms. The largest absolute Gasteiger partial charge is 0.387 e. The second-order valence-corrected chi connectivity index (χ2v) is 7.10. The monoisotopic (exact) mass is 320 g/mol. The first kappa shape index (κ1) is 16.3. The van der Waals surface area contributed by atoms with Crippen molar-refractivity contribution < 1.29 is 22.3 Å². The van der Waals surface area contributed by atoms with Gasteiger partial charge in [0.05, 0.1) is 12.4 Å². The zero-order valence-electron chi connectivity index (χ0n) is 11.7. The summed E-state index contributed by atoms with van der Waals surface area (Å²) >= 11 is 0. The van der Waals surface area contributed by atoms with Crippen LogP contribution in [0.1, 0.15) is 11.7 Å². The Labute approximate surface area is 122 Å². The van der Waals surface area contributed by atoms with Gasteiger partial charge in [-0.2, -0.15) is 4.31 Å². The van der Waals surface area contributed by atoms with Crippen LogP contribution in [0.25, 0.3) is 0 Å². The van der Waals surface area contributed by atoms with E-state index in [0.29, 0.717) is 26.2 Å². The quantitative estimate of drug-likeness (QED) is 0.881. The molecule has 1 aliphatic heterocycles. The Morgan fingerprint density at radius 1 is 1.24 bits per heavy atom. The van der Waals surface area contributed by atoms with Gasteiger partial charge >= 0.3 is 0 Å². The molecule has 1 N–H and O–H groups in total. The number of hydrogen-bond donors (Lipinski definition) is 1. The summed E-state index contributed by atoms with van der Waals surface area (Å²) in [6.07, 6.45) is 0.00471. The topological polar surface area (TPSA) is 60.9 Å². The van der Waals surface area contributed by atoms with E-state index in [0.717, 1.165) is 12.3 Å². The maximum absolute atomic E-state index is 13.6. The molecular formula is C13H18F2N2O3S. The summed E-state index contributed by atoms with van der Waals surface area (Å²) in [5.41, 5.74) is -0.0828. The van der Waals surface area contributed by atoms with Gasteiger partial charge < -0.3 is 5.11 Å². The maximum Gasteiger partial charge on any atom is 0.211 e. The summed E-state index contributed by atoms with van der Waals surface area (Å²) in [7, 11) is -3.21. The van der Waals surface area contributed by atoms with Crippen molar-refractivity contribution in [2.45, 2.75) is 6.10 Å². The van der Waals surface area contributed by atoms with E-state index >= 15 is 0 Å². The number of piperazine rings is 1. The van der Waals surface area contributed by atoms with E-state index in [1.54, 1.807) is 0 Å². The molecule has 1 heterocycles. The molecule has 1 fully saturated rings. The third-order valence-corrected chi connectivity index (χ3v) is 4.88. The standard InChI is InChI=1S/C13H18F2N2O3S/c1-21(19,20)17-7-5-16(6-8-17)9-12(18)10-3-2-4-11(14)13(10)15/h2-4,12,18H,5-9H2,1H3. The number of β-amino-alcohol motifs (C(OH)–C–C–N with tert-alkyl or cyclic N) is 1. The van der Waals surface area contributed by atoms with Crippen LogP contribution in [0.5, 0.6) is 0 Å². The Morgan fingerprint density at radius 3 is 2.43 bits per heavy atom. The smallest absolute Gasteiger partial charge is 0.211 e. The molecule has 2 rings (SSSR count). The predicted molar refractivity (Wildman–Crippen MR) is 74.2 cm³/mol. The molecule has 1 atom stereocenters. The third kappa shape index (κ3) is 3.97. The van der Waals surface area contributed by atoms with E-state index in [2.05, 4.69) is 0 Å². The molecule has 21 heavy (non-hydrogen) atoms. The van der Waals surface area contributed by atoms with Crippen molar-refractivity contribution in [2.24, 2.45) is 0 Å². The normalized spacial score (nSPS) is 19.6. The first-order chi connectivity index (χ1) is 9.79. The molecular weight excluding hydrogens is 302 g/mol. The van der Waals surface area contributed by atoms with Gasteiger partial charge in [-0.1, -0.05) is 12.1 Å². The molecule has 118 valence electrons. The van der Waals surface area contributed by atoms with Gasteiger partial charge in [0.25, 0.3) is 0 Å². The van der Waals surface area contributed by atoms with Gasteiger partial charge in [-0.15, -0.1) is 0 Å². The summed E-state index contributed by atoms with van der Waals surface area (Å²) in [5, 5.41) is 10.0. The Morgan fingerprint density at radius 2 is 1.86 bits per heavy atom. The van der Waals surface area contributed by atoms with Gasteiger partial charge in [0.15, 0.2) is 11.6 Å². The maximum atomic E-state index is 13.6. The summed E-state index contributed by atoms with van der Waals surface area (Å²) in [5.74, 6) is -2.03. The number of sulfonamides is 1. The van der Waals surface area contributed by atoms with Crippen LogP contribution in [0.3, 0.4) is 0 Å². The van der Waals surface area contributed by atoms with E-state index in [1.807, 2.05) is 4.90 Å². The zero-order chi connectivity index (χ0) is 15.6. The summed E-state index contributed by atoms with van der Waals surface area (Å²) in [6.45, 7) is 1.69. The highest BCUT2D eigenvalue weighted by Gasteiger charge is 2.25. The van der Waals surface area contributed by atoms with Crippen LogP contribution >= 0.6 is 0 Å². The molecule has 1 aromatic rings. The number of benzene rings is 1. The molecule has 0 aromatic heterocycles. The highest BCUT2D eigenvalue weighted by Crippen LogP contribution is 2.21. The van der Waals surface area contributed by atoms with E-state index in [4.69, 9.17) is 0 Å². The Balaban J connectivity index is 1.96. The first-order valence-electron chi connectivity index (χ1n) is 6.58.